The minimum Gasteiger partial charge on any atom is -0.494 e. The molecular weight excluding hydrogens is 787 g/mol. The van der Waals surface area contributed by atoms with Gasteiger partial charge in [-0.2, -0.15) is 10.2 Å². The van der Waals surface area contributed by atoms with Crippen LogP contribution in [0, 0.1) is 6.92 Å². The zero-order chi connectivity index (χ0) is 44.0. The van der Waals surface area contributed by atoms with E-state index in [9.17, 15) is 19.2 Å². The molecule has 0 aliphatic carbocycles. The van der Waals surface area contributed by atoms with Crippen molar-refractivity contribution in [1.29, 1.82) is 0 Å². The largest absolute Gasteiger partial charge is 0.494 e. The summed E-state index contributed by atoms with van der Waals surface area (Å²) in [4.78, 5) is 59.5. The van der Waals surface area contributed by atoms with E-state index in [1.54, 1.807) is 85.2 Å². The monoisotopic (exact) mass is 835 g/mol. The lowest BCUT2D eigenvalue weighted by molar-refractivity contribution is 0.0635. The third kappa shape index (κ3) is 9.98. The fourth-order valence-corrected chi connectivity index (χ4v) is 6.48. The normalized spacial score (nSPS) is 11.8. The number of fused-ring (bicyclic) bond motifs is 2. The number of nitrogens with two attached hydrogens (primary N) is 2. The fourth-order valence-electron chi connectivity index (χ4n) is 6.48. The molecule has 61 heavy (non-hydrogen) atoms. The van der Waals surface area contributed by atoms with Gasteiger partial charge in [0.15, 0.2) is 0 Å². The van der Waals surface area contributed by atoms with Crippen LogP contribution in [0.2, 0.25) is 0 Å². The number of amides is 4. The Morgan fingerprint density at radius 2 is 1.43 bits per heavy atom. The van der Waals surface area contributed by atoms with Gasteiger partial charge in [-0.1, -0.05) is 18.2 Å². The van der Waals surface area contributed by atoms with Gasteiger partial charge in [0.05, 0.1) is 42.3 Å². The lowest BCUT2D eigenvalue weighted by Gasteiger charge is -2.19. The summed E-state index contributed by atoms with van der Waals surface area (Å²) in [6.45, 7) is 10.6. The highest BCUT2D eigenvalue weighted by atomic mass is 16.6. The number of imidazole rings is 2. The molecular formula is C41H49N13O7. The first kappa shape index (κ1) is 43.0. The molecule has 2 aromatic carbocycles. The molecule has 0 bridgehead atoms. The molecule has 0 spiro atoms. The van der Waals surface area contributed by atoms with E-state index in [2.05, 4.69) is 31.1 Å². The van der Waals surface area contributed by atoms with Gasteiger partial charge in [0.1, 0.15) is 40.4 Å². The van der Waals surface area contributed by atoms with Crippen molar-refractivity contribution in [3.63, 3.8) is 0 Å². The van der Waals surface area contributed by atoms with Crippen molar-refractivity contribution in [1.82, 2.24) is 38.7 Å². The summed E-state index contributed by atoms with van der Waals surface area (Å²) in [6.07, 6.45) is 10.1. The van der Waals surface area contributed by atoms with Gasteiger partial charge in [-0.15, -0.1) is 0 Å². The van der Waals surface area contributed by atoms with Crippen LogP contribution < -0.4 is 36.9 Å². The van der Waals surface area contributed by atoms with Crippen molar-refractivity contribution in [2.75, 3.05) is 36.7 Å². The number of benzene rings is 2. The lowest BCUT2D eigenvalue weighted by Crippen LogP contribution is -2.27. The second-order valence-electron chi connectivity index (χ2n) is 14.7. The number of nitrogens with zero attached hydrogens (tertiary/aromatic N) is 8. The van der Waals surface area contributed by atoms with E-state index in [1.807, 2.05) is 29.7 Å². The number of carbonyl (C=O) groups is 4. The van der Waals surface area contributed by atoms with Crippen molar-refractivity contribution in [3.8, 4) is 11.5 Å². The molecule has 0 aliphatic rings. The molecule has 0 saturated heterocycles. The summed E-state index contributed by atoms with van der Waals surface area (Å²) in [5, 5.41) is 17.3. The highest BCUT2D eigenvalue weighted by Gasteiger charge is 2.22. The molecule has 0 radical (unpaired) electrons. The molecule has 0 atom stereocenters. The van der Waals surface area contributed by atoms with Crippen molar-refractivity contribution < 1.29 is 33.4 Å². The van der Waals surface area contributed by atoms with Gasteiger partial charge in [-0.25, -0.2) is 14.8 Å². The second kappa shape index (κ2) is 18.1. The highest BCUT2D eigenvalue weighted by Crippen LogP contribution is 2.33. The Morgan fingerprint density at radius 3 is 2.03 bits per heavy atom. The fraction of sp³-hybridized carbons (Fsp3) is 0.317. The van der Waals surface area contributed by atoms with Crippen LogP contribution in [0.4, 0.5) is 22.4 Å². The number of hydrogen-bond acceptors (Lipinski definition) is 12. The molecule has 6 aromatic rings. The quantitative estimate of drug-likeness (QED) is 0.0774. The maximum atomic E-state index is 13.6. The minimum atomic E-state index is -0.656. The maximum Gasteiger partial charge on any atom is 0.412 e. The number of aryl methyl sites for hydroxylation is 2. The van der Waals surface area contributed by atoms with Gasteiger partial charge < -0.3 is 40.1 Å². The standard InChI is InChI=1S/C41H49N13O7/c1-8-54-30(17-24(2)50-54)37(57)49-39-48-28-18-25(35(42)55)20-31(59-7)33(28)53(39)15-10-9-14-52-34-29(47-38(52)44-6)19-26(36(43)56)21-32(34)60-16-12-11-13-51-23-27(22-45-51)46-40(58)61-41(3,4)5/h9-12,17-23H,8,13-16H2,1-7H3,(H2,42,55)(H2,43,56)(H,44,47)(H,46,58)(H,48,49,57)/b10-9+,12-11+. The van der Waals surface area contributed by atoms with Crippen molar-refractivity contribution in [2.45, 2.75) is 66.4 Å². The van der Waals surface area contributed by atoms with Gasteiger partial charge in [-0.05, 0) is 71.0 Å². The van der Waals surface area contributed by atoms with E-state index < -0.39 is 29.4 Å². The Labute approximate surface area is 350 Å². The molecule has 0 saturated carbocycles. The number of hydrogen-bond donors (Lipinski definition) is 5. The van der Waals surface area contributed by atoms with Gasteiger partial charge in [-0.3, -0.25) is 34.4 Å². The molecule has 4 heterocycles. The third-order valence-corrected chi connectivity index (χ3v) is 9.10. The lowest BCUT2D eigenvalue weighted by atomic mass is 10.1. The Bertz CT molecular complexity index is 2680. The predicted molar refractivity (Wildman–Crippen MR) is 229 cm³/mol. The van der Waals surface area contributed by atoms with Crippen LogP contribution in [0.25, 0.3) is 22.1 Å². The van der Waals surface area contributed by atoms with Crippen molar-refractivity contribution >= 4 is 63.5 Å². The van der Waals surface area contributed by atoms with Gasteiger partial charge >= 0.3 is 6.09 Å². The minimum absolute atomic E-state index is 0.137. The number of aromatic nitrogens is 8. The summed E-state index contributed by atoms with van der Waals surface area (Å²) in [5.74, 6) is -0.281. The van der Waals surface area contributed by atoms with E-state index in [0.717, 1.165) is 0 Å². The summed E-state index contributed by atoms with van der Waals surface area (Å²) in [5.41, 5.74) is 14.6. The maximum absolute atomic E-state index is 13.6. The van der Waals surface area contributed by atoms with E-state index in [0.29, 0.717) is 76.2 Å². The topological polar surface area (TPSA) is 255 Å². The third-order valence-electron chi connectivity index (χ3n) is 9.10. The van der Waals surface area contributed by atoms with Crippen LogP contribution in [0.3, 0.4) is 0 Å². The Hall–Kier alpha value is -7.64. The highest BCUT2D eigenvalue weighted by molar-refractivity contribution is 6.04. The summed E-state index contributed by atoms with van der Waals surface area (Å²) in [7, 11) is 3.20. The van der Waals surface area contributed by atoms with Crippen LogP contribution in [0.1, 0.15) is 64.6 Å². The molecule has 20 heteroatoms. The van der Waals surface area contributed by atoms with E-state index >= 15 is 0 Å². The SMILES string of the molecule is CCn1nc(C)cc1C(=O)Nc1nc2cc(C(N)=O)cc(OC)c2n1C/C=C/Cn1c(NC)nc2cc(C(N)=O)cc(OC/C=C/Cn3cc(NC(=O)OC(C)(C)C)cn3)c21. The average Bonchev–Trinajstić information content (AvgIpc) is 3.98. The van der Waals surface area contributed by atoms with Crippen LogP contribution in [-0.4, -0.2) is 88.8 Å². The summed E-state index contributed by atoms with van der Waals surface area (Å²) < 4.78 is 24.1. The molecule has 4 amide bonds. The van der Waals surface area contributed by atoms with E-state index in [4.69, 9.17) is 30.7 Å². The second-order valence-corrected chi connectivity index (χ2v) is 14.7. The number of methoxy groups -OCH3 is 1. The van der Waals surface area contributed by atoms with Crippen molar-refractivity contribution in [3.05, 3.63) is 89.5 Å². The first-order valence-electron chi connectivity index (χ1n) is 19.3. The zero-order valence-electron chi connectivity index (χ0n) is 35.0. The molecule has 0 fully saturated rings. The Morgan fingerprint density at radius 1 is 0.820 bits per heavy atom. The van der Waals surface area contributed by atoms with Gasteiger partial charge in [0, 0.05) is 44.0 Å². The van der Waals surface area contributed by atoms with Gasteiger partial charge in [0.2, 0.25) is 23.7 Å². The van der Waals surface area contributed by atoms with E-state index in [1.165, 1.54) is 19.4 Å². The molecule has 20 nitrogen and oxygen atoms in total. The first-order valence-corrected chi connectivity index (χ1v) is 19.3. The molecule has 0 aliphatic heterocycles. The number of nitrogens with one attached hydrogen (secondary N) is 3. The zero-order valence-corrected chi connectivity index (χ0v) is 35.0. The summed E-state index contributed by atoms with van der Waals surface area (Å²) in [6, 6.07) is 7.95. The van der Waals surface area contributed by atoms with E-state index in [-0.39, 0.29) is 30.2 Å². The van der Waals surface area contributed by atoms with Crippen LogP contribution in [0.5, 0.6) is 11.5 Å². The molecule has 320 valence electrons. The van der Waals surface area contributed by atoms with Crippen LogP contribution in [-0.2, 0) is 30.9 Å². The first-order chi connectivity index (χ1) is 29.1. The Balaban J connectivity index is 1.24. The van der Waals surface area contributed by atoms with Gasteiger partial charge in [0.25, 0.3) is 5.91 Å². The molecule has 4 aromatic heterocycles. The summed E-state index contributed by atoms with van der Waals surface area (Å²) >= 11 is 0. The van der Waals surface area contributed by atoms with Crippen LogP contribution in [0.15, 0.2) is 67.0 Å². The number of anilines is 3. The average molecular weight is 836 g/mol. The smallest absolute Gasteiger partial charge is 0.412 e. The number of allylic oxidation sites excluding steroid dienone is 3. The number of primary amides is 2. The molecule has 6 rings (SSSR count). The molecule has 0 unspecified atom stereocenters. The number of ether oxygens (including phenoxy) is 3. The van der Waals surface area contributed by atoms with Crippen molar-refractivity contribution in [2.24, 2.45) is 11.5 Å². The Kier molecular flexibility index (Phi) is 12.7. The number of carbonyl (C=O) groups excluding carboxylic acids is 4. The predicted octanol–water partition coefficient (Wildman–Crippen LogP) is 4.85. The molecule has 7 N–H and O–H groups in total. The number of rotatable bonds is 17. The van der Waals surface area contributed by atoms with Crippen LogP contribution >= 0.6 is 0 Å².